The Balaban J connectivity index is 0.00000196. The normalized spacial score (nSPS) is 25.9. The van der Waals surface area contributed by atoms with E-state index in [1.807, 2.05) is 4.90 Å². The number of methoxy groups -OCH3 is 1. The molecule has 0 saturated carbocycles. The molecule has 1 heterocycles. The van der Waals surface area contributed by atoms with Crippen LogP contribution in [0.4, 0.5) is 0 Å². The van der Waals surface area contributed by atoms with E-state index < -0.39 is 0 Å². The van der Waals surface area contributed by atoms with E-state index in [1.165, 1.54) is 0 Å². The Morgan fingerprint density at radius 2 is 1.93 bits per heavy atom. The smallest absolute Gasteiger partial charge is 0.224 e. The zero-order valence-electron chi connectivity index (χ0n) is 9.66. The monoisotopic (exact) mass is 236 g/mol. The van der Waals surface area contributed by atoms with E-state index in [-0.39, 0.29) is 18.3 Å². The molecular formula is C10H21ClN2O2. The second-order valence-electron chi connectivity index (χ2n) is 4.01. The van der Waals surface area contributed by atoms with E-state index in [9.17, 15) is 4.79 Å². The lowest BCUT2D eigenvalue weighted by Crippen LogP contribution is -2.55. The molecule has 1 aliphatic heterocycles. The number of nitrogens with one attached hydrogen (secondary N) is 1. The first-order valence-electron chi connectivity index (χ1n) is 5.16. The summed E-state index contributed by atoms with van der Waals surface area (Å²) in [6.45, 7) is 6.35. The maximum atomic E-state index is 11.7. The molecule has 2 atom stereocenters. The number of halogens is 1. The van der Waals surface area contributed by atoms with Gasteiger partial charge in [0, 0.05) is 32.3 Å². The Morgan fingerprint density at radius 3 is 2.40 bits per heavy atom. The van der Waals surface area contributed by atoms with Gasteiger partial charge < -0.3 is 15.0 Å². The number of ether oxygens (including phenoxy) is 1. The standard InChI is InChI=1S/C10H20N2O2.ClH/c1-8-6-12(7-9(2)11-8)10(13)4-5-14-3;/h8-9,11H,4-7H2,1-3H3;1H. The van der Waals surface area contributed by atoms with Crippen LogP contribution in [0.2, 0.25) is 0 Å². The fraction of sp³-hybridized carbons (Fsp3) is 0.900. The Labute approximate surface area is 97.8 Å². The van der Waals surface area contributed by atoms with Gasteiger partial charge in [-0.15, -0.1) is 12.4 Å². The minimum atomic E-state index is 0. The van der Waals surface area contributed by atoms with Gasteiger partial charge in [-0.1, -0.05) is 0 Å². The number of carbonyl (C=O) groups is 1. The van der Waals surface area contributed by atoms with E-state index in [0.717, 1.165) is 13.1 Å². The number of carbonyl (C=O) groups excluding carboxylic acids is 1. The van der Waals surface area contributed by atoms with Crippen LogP contribution < -0.4 is 5.32 Å². The fourth-order valence-electron chi connectivity index (χ4n) is 1.88. The molecule has 1 aliphatic rings. The van der Waals surface area contributed by atoms with Crippen molar-refractivity contribution in [2.75, 3.05) is 26.8 Å². The average Bonchev–Trinajstić information content (AvgIpc) is 2.12. The topological polar surface area (TPSA) is 41.6 Å². The van der Waals surface area contributed by atoms with Gasteiger partial charge in [0.2, 0.25) is 5.91 Å². The zero-order valence-corrected chi connectivity index (χ0v) is 10.5. The third kappa shape index (κ3) is 4.82. The first-order chi connectivity index (χ1) is 6.63. The third-order valence-corrected chi connectivity index (χ3v) is 2.43. The van der Waals surface area contributed by atoms with Crippen LogP contribution in [-0.4, -0.2) is 49.7 Å². The largest absolute Gasteiger partial charge is 0.384 e. The molecule has 1 fully saturated rings. The predicted octanol–water partition coefficient (Wildman–Crippen LogP) is 0.653. The lowest BCUT2D eigenvalue weighted by Gasteiger charge is -2.36. The average molecular weight is 237 g/mol. The van der Waals surface area contributed by atoms with Crippen molar-refractivity contribution in [3.8, 4) is 0 Å². The summed E-state index contributed by atoms with van der Waals surface area (Å²) in [5, 5.41) is 3.39. The van der Waals surface area contributed by atoms with Crippen molar-refractivity contribution >= 4 is 18.3 Å². The van der Waals surface area contributed by atoms with Gasteiger partial charge in [0.15, 0.2) is 0 Å². The Kier molecular flexibility index (Phi) is 6.89. The van der Waals surface area contributed by atoms with Crippen LogP contribution in [0.25, 0.3) is 0 Å². The van der Waals surface area contributed by atoms with Crippen molar-refractivity contribution in [3.05, 3.63) is 0 Å². The van der Waals surface area contributed by atoms with E-state index in [2.05, 4.69) is 19.2 Å². The molecule has 0 aromatic heterocycles. The lowest BCUT2D eigenvalue weighted by atomic mass is 10.1. The summed E-state index contributed by atoms with van der Waals surface area (Å²) in [5.74, 6) is 0.201. The van der Waals surface area contributed by atoms with Gasteiger partial charge in [-0.05, 0) is 13.8 Å². The molecule has 0 aromatic carbocycles. The fourth-order valence-corrected chi connectivity index (χ4v) is 1.88. The van der Waals surface area contributed by atoms with Crippen LogP contribution in [-0.2, 0) is 9.53 Å². The minimum Gasteiger partial charge on any atom is -0.384 e. The molecule has 15 heavy (non-hydrogen) atoms. The SMILES string of the molecule is COCCC(=O)N1CC(C)NC(C)C1.Cl. The van der Waals surface area contributed by atoms with Gasteiger partial charge >= 0.3 is 0 Å². The molecular weight excluding hydrogens is 216 g/mol. The van der Waals surface area contributed by atoms with Gasteiger partial charge in [0.05, 0.1) is 13.0 Å². The molecule has 90 valence electrons. The minimum absolute atomic E-state index is 0. The summed E-state index contributed by atoms with van der Waals surface area (Å²) in [6, 6.07) is 0.787. The van der Waals surface area contributed by atoms with Crippen LogP contribution in [0.15, 0.2) is 0 Å². The molecule has 1 rings (SSSR count). The van der Waals surface area contributed by atoms with E-state index in [4.69, 9.17) is 4.74 Å². The number of nitrogens with zero attached hydrogens (tertiary/aromatic N) is 1. The summed E-state index contributed by atoms with van der Waals surface area (Å²) in [7, 11) is 1.62. The maximum Gasteiger partial charge on any atom is 0.224 e. The zero-order chi connectivity index (χ0) is 10.6. The predicted molar refractivity (Wildman–Crippen MR) is 62.4 cm³/mol. The third-order valence-electron chi connectivity index (χ3n) is 2.43. The molecule has 0 bridgehead atoms. The number of rotatable bonds is 3. The van der Waals surface area contributed by atoms with Crippen molar-refractivity contribution in [2.24, 2.45) is 0 Å². The highest BCUT2D eigenvalue weighted by molar-refractivity contribution is 5.85. The molecule has 2 unspecified atom stereocenters. The first kappa shape index (κ1) is 14.7. The molecule has 0 aliphatic carbocycles. The van der Waals surface area contributed by atoms with Gasteiger partial charge in [0.25, 0.3) is 0 Å². The highest BCUT2D eigenvalue weighted by Crippen LogP contribution is 2.05. The second-order valence-corrected chi connectivity index (χ2v) is 4.01. The summed E-state index contributed by atoms with van der Waals surface area (Å²) in [6.07, 6.45) is 0.496. The number of hydrogen-bond donors (Lipinski definition) is 1. The van der Waals surface area contributed by atoms with Crippen LogP contribution in [0.1, 0.15) is 20.3 Å². The van der Waals surface area contributed by atoms with E-state index in [1.54, 1.807) is 7.11 Å². The van der Waals surface area contributed by atoms with E-state index in [0.29, 0.717) is 25.1 Å². The first-order valence-corrected chi connectivity index (χ1v) is 5.16. The molecule has 1 amide bonds. The van der Waals surface area contributed by atoms with Crippen molar-refractivity contribution in [1.29, 1.82) is 0 Å². The Hall–Kier alpha value is -0.320. The molecule has 1 N–H and O–H groups in total. The number of amides is 1. The van der Waals surface area contributed by atoms with Gasteiger partial charge in [0.1, 0.15) is 0 Å². The van der Waals surface area contributed by atoms with Crippen molar-refractivity contribution in [2.45, 2.75) is 32.4 Å². The van der Waals surface area contributed by atoms with Crippen molar-refractivity contribution in [1.82, 2.24) is 10.2 Å². The maximum absolute atomic E-state index is 11.7. The van der Waals surface area contributed by atoms with Crippen LogP contribution in [0.3, 0.4) is 0 Å². The van der Waals surface area contributed by atoms with Gasteiger partial charge in [-0.3, -0.25) is 4.79 Å². The summed E-state index contributed by atoms with van der Waals surface area (Å²) < 4.78 is 4.89. The van der Waals surface area contributed by atoms with Crippen LogP contribution >= 0.6 is 12.4 Å². The second kappa shape index (κ2) is 7.04. The van der Waals surface area contributed by atoms with Gasteiger partial charge in [-0.2, -0.15) is 0 Å². The Morgan fingerprint density at radius 1 is 1.40 bits per heavy atom. The quantitative estimate of drug-likeness (QED) is 0.783. The Bertz CT molecular complexity index is 192. The van der Waals surface area contributed by atoms with Crippen LogP contribution in [0.5, 0.6) is 0 Å². The summed E-state index contributed by atoms with van der Waals surface area (Å²) >= 11 is 0. The molecule has 0 spiro atoms. The highest BCUT2D eigenvalue weighted by Gasteiger charge is 2.23. The lowest BCUT2D eigenvalue weighted by molar-refractivity contribution is -0.133. The summed E-state index contributed by atoms with van der Waals surface area (Å²) in [4.78, 5) is 13.6. The van der Waals surface area contributed by atoms with Crippen molar-refractivity contribution < 1.29 is 9.53 Å². The number of hydrogen-bond acceptors (Lipinski definition) is 3. The molecule has 1 saturated heterocycles. The molecule has 0 aromatic rings. The molecule has 0 radical (unpaired) electrons. The summed E-state index contributed by atoms with van der Waals surface area (Å²) in [5.41, 5.74) is 0. The highest BCUT2D eigenvalue weighted by atomic mass is 35.5. The van der Waals surface area contributed by atoms with Crippen molar-refractivity contribution in [3.63, 3.8) is 0 Å². The molecule has 4 nitrogen and oxygen atoms in total. The van der Waals surface area contributed by atoms with Gasteiger partial charge in [-0.25, -0.2) is 0 Å². The number of piperazine rings is 1. The molecule has 5 heteroatoms. The van der Waals surface area contributed by atoms with E-state index >= 15 is 0 Å². The van der Waals surface area contributed by atoms with Crippen LogP contribution in [0, 0.1) is 0 Å².